The molecular formula is C22H26N4O2. The van der Waals surface area contributed by atoms with Crippen LogP contribution in [-0.4, -0.2) is 47.7 Å². The van der Waals surface area contributed by atoms with Crippen molar-refractivity contribution in [3.8, 4) is 5.75 Å². The van der Waals surface area contributed by atoms with Gasteiger partial charge in [-0.05, 0) is 55.6 Å². The van der Waals surface area contributed by atoms with Crippen LogP contribution in [0.5, 0.6) is 5.75 Å². The lowest BCUT2D eigenvalue weighted by Gasteiger charge is -2.32. The number of para-hydroxylation sites is 1. The predicted octanol–water partition coefficient (Wildman–Crippen LogP) is 3.21. The third-order valence-corrected chi connectivity index (χ3v) is 5.51. The molecule has 3 aromatic rings. The average Bonchev–Trinajstić information content (AvgIpc) is 3.18. The monoisotopic (exact) mass is 378 g/mol. The Labute approximate surface area is 164 Å². The van der Waals surface area contributed by atoms with E-state index in [2.05, 4.69) is 32.5 Å². The number of methoxy groups -OCH3 is 1. The number of nitrogens with zero attached hydrogens (tertiary/aromatic N) is 2. The first-order chi connectivity index (χ1) is 13.7. The number of hydrogen-bond acceptors (Lipinski definition) is 4. The Bertz CT molecular complexity index is 927. The molecule has 6 heteroatoms. The number of amides is 1. The second-order valence-electron chi connectivity index (χ2n) is 7.40. The normalized spacial score (nSPS) is 15.6. The van der Waals surface area contributed by atoms with Crippen LogP contribution in [0.1, 0.15) is 28.9 Å². The number of benzene rings is 2. The standard InChI is InChI=1S/C22H26N4O2/c1-28-18-8-6-17(7-9-18)15-26-12-10-16(11-13-26)14-23-22(27)21-19-4-2-3-5-20(19)24-25-21/h2-9,16H,10-15H2,1H3,(H,23,27)(H,24,25). The molecule has 0 spiro atoms. The minimum Gasteiger partial charge on any atom is -0.497 e. The molecule has 0 unspecified atom stereocenters. The highest BCUT2D eigenvalue weighted by atomic mass is 16.5. The first-order valence-corrected chi connectivity index (χ1v) is 9.79. The molecule has 2 N–H and O–H groups in total. The molecular weight excluding hydrogens is 352 g/mol. The van der Waals surface area contributed by atoms with Crippen LogP contribution >= 0.6 is 0 Å². The number of aromatic amines is 1. The molecule has 1 aliphatic rings. The van der Waals surface area contributed by atoms with Gasteiger partial charge in [-0.2, -0.15) is 5.10 Å². The van der Waals surface area contributed by atoms with Gasteiger partial charge in [-0.15, -0.1) is 0 Å². The van der Waals surface area contributed by atoms with E-state index in [1.807, 2.05) is 36.4 Å². The molecule has 1 amide bonds. The van der Waals surface area contributed by atoms with E-state index >= 15 is 0 Å². The number of nitrogens with one attached hydrogen (secondary N) is 2. The van der Waals surface area contributed by atoms with Crippen molar-refractivity contribution in [2.45, 2.75) is 19.4 Å². The van der Waals surface area contributed by atoms with Gasteiger partial charge in [-0.25, -0.2) is 0 Å². The molecule has 1 aromatic heterocycles. The number of carbonyl (C=O) groups is 1. The molecule has 0 aliphatic carbocycles. The fourth-order valence-electron chi connectivity index (χ4n) is 3.80. The lowest BCUT2D eigenvalue weighted by molar-refractivity contribution is 0.0932. The summed E-state index contributed by atoms with van der Waals surface area (Å²) in [4.78, 5) is 15.0. The summed E-state index contributed by atoms with van der Waals surface area (Å²) in [5.41, 5.74) is 2.67. The molecule has 146 valence electrons. The molecule has 0 radical (unpaired) electrons. The van der Waals surface area contributed by atoms with Gasteiger partial charge in [0.15, 0.2) is 5.69 Å². The number of piperidine rings is 1. The van der Waals surface area contributed by atoms with Gasteiger partial charge in [-0.3, -0.25) is 14.8 Å². The zero-order valence-electron chi connectivity index (χ0n) is 16.1. The number of H-pyrrole nitrogens is 1. The van der Waals surface area contributed by atoms with E-state index in [0.717, 1.165) is 49.1 Å². The van der Waals surface area contributed by atoms with Crippen molar-refractivity contribution in [3.63, 3.8) is 0 Å². The molecule has 4 rings (SSSR count). The number of rotatable bonds is 6. The molecule has 1 saturated heterocycles. The number of fused-ring (bicyclic) bond motifs is 1. The van der Waals surface area contributed by atoms with Crippen LogP contribution in [0, 0.1) is 5.92 Å². The zero-order chi connectivity index (χ0) is 19.3. The van der Waals surface area contributed by atoms with Gasteiger partial charge in [0.05, 0.1) is 12.6 Å². The van der Waals surface area contributed by atoms with Crippen LogP contribution in [0.3, 0.4) is 0 Å². The summed E-state index contributed by atoms with van der Waals surface area (Å²) in [5, 5.41) is 11.0. The van der Waals surface area contributed by atoms with Crippen molar-refractivity contribution >= 4 is 16.8 Å². The Kier molecular flexibility index (Phi) is 5.58. The van der Waals surface area contributed by atoms with Crippen LogP contribution in [0.4, 0.5) is 0 Å². The fourth-order valence-corrected chi connectivity index (χ4v) is 3.80. The number of carbonyl (C=O) groups excluding carboxylic acids is 1. The zero-order valence-corrected chi connectivity index (χ0v) is 16.1. The average molecular weight is 378 g/mol. The highest BCUT2D eigenvalue weighted by Crippen LogP contribution is 2.20. The summed E-state index contributed by atoms with van der Waals surface area (Å²) >= 11 is 0. The third-order valence-electron chi connectivity index (χ3n) is 5.51. The fraction of sp³-hybridized carbons (Fsp3) is 0.364. The molecule has 1 aliphatic heterocycles. The van der Waals surface area contributed by atoms with Gasteiger partial charge in [0, 0.05) is 18.5 Å². The largest absolute Gasteiger partial charge is 0.497 e. The molecule has 2 heterocycles. The van der Waals surface area contributed by atoms with Gasteiger partial charge >= 0.3 is 0 Å². The van der Waals surface area contributed by atoms with E-state index in [9.17, 15) is 4.79 Å². The maximum Gasteiger partial charge on any atom is 0.272 e. The number of hydrogen-bond donors (Lipinski definition) is 2. The highest BCUT2D eigenvalue weighted by molar-refractivity contribution is 6.04. The van der Waals surface area contributed by atoms with Crippen molar-refractivity contribution in [2.75, 3.05) is 26.7 Å². The van der Waals surface area contributed by atoms with E-state index in [4.69, 9.17) is 4.74 Å². The Morgan fingerprint density at radius 2 is 1.93 bits per heavy atom. The van der Waals surface area contributed by atoms with Gasteiger partial charge in [0.2, 0.25) is 0 Å². The Hall–Kier alpha value is -2.86. The van der Waals surface area contributed by atoms with Crippen LogP contribution in [-0.2, 0) is 6.54 Å². The van der Waals surface area contributed by atoms with Crippen molar-refractivity contribution in [1.29, 1.82) is 0 Å². The second kappa shape index (κ2) is 8.44. The van der Waals surface area contributed by atoms with Crippen molar-refractivity contribution in [1.82, 2.24) is 20.4 Å². The Morgan fingerprint density at radius 3 is 2.68 bits per heavy atom. The van der Waals surface area contributed by atoms with Gasteiger partial charge in [0.1, 0.15) is 5.75 Å². The highest BCUT2D eigenvalue weighted by Gasteiger charge is 2.21. The maximum absolute atomic E-state index is 12.5. The first-order valence-electron chi connectivity index (χ1n) is 9.79. The van der Waals surface area contributed by atoms with Crippen LogP contribution in [0.2, 0.25) is 0 Å². The summed E-state index contributed by atoms with van der Waals surface area (Å²) in [6.45, 7) is 3.77. The van der Waals surface area contributed by atoms with Crippen LogP contribution in [0.15, 0.2) is 48.5 Å². The molecule has 28 heavy (non-hydrogen) atoms. The quantitative estimate of drug-likeness (QED) is 0.691. The SMILES string of the molecule is COc1ccc(CN2CCC(CNC(=O)c3n[nH]c4ccccc34)CC2)cc1. The smallest absolute Gasteiger partial charge is 0.272 e. The summed E-state index contributed by atoms with van der Waals surface area (Å²) < 4.78 is 5.22. The van der Waals surface area contributed by atoms with E-state index in [1.165, 1.54) is 5.56 Å². The van der Waals surface area contributed by atoms with E-state index in [0.29, 0.717) is 18.2 Å². The topological polar surface area (TPSA) is 70.2 Å². The molecule has 0 bridgehead atoms. The molecule has 0 atom stereocenters. The molecule has 2 aromatic carbocycles. The maximum atomic E-state index is 12.5. The molecule has 1 fully saturated rings. The summed E-state index contributed by atoms with van der Waals surface area (Å²) in [7, 11) is 1.69. The number of ether oxygens (including phenoxy) is 1. The van der Waals surface area contributed by atoms with Gasteiger partial charge in [-0.1, -0.05) is 30.3 Å². The Balaban J connectivity index is 1.24. The van der Waals surface area contributed by atoms with Crippen molar-refractivity contribution in [3.05, 3.63) is 59.8 Å². The summed E-state index contributed by atoms with van der Waals surface area (Å²) in [5.74, 6) is 1.31. The van der Waals surface area contributed by atoms with Gasteiger partial charge < -0.3 is 10.1 Å². The number of aromatic nitrogens is 2. The van der Waals surface area contributed by atoms with E-state index in [1.54, 1.807) is 7.11 Å². The van der Waals surface area contributed by atoms with Crippen LogP contribution < -0.4 is 10.1 Å². The summed E-state index contributed by atoms with van der Waals surface area (Å²) in [6, 6.07) is 16.0. The van der Waals surface area contributed by atoms with E-state index in [-0.39, 0.29) is 5.91 Å². The second-order valence-corrected chi connectivity index (χ2v) is 7.40. The lowest BCUT2D eigenvalue weighted by atomic mass is 9.96. The minimum absolute atomic E-state index is 0.0990. The predicted molar refractivity (Wildman–Crippen MR) is 109 cm³/mol. The summed E-state index contributed by atoms with van der Waals surface area (Å²) in [6.07, 6.45) is 2.19. The van der Waals surface area contributed by atoms with Crippen molar-refractivity contribution in [2.24, 2.45) is 5.92 Å². The third kappa shape index (κ3) is 4.17. The molecule has 0 saturated carbocycles. The minimum atomic E-state index is -0.0990. The lowest BCUT2D eigenvalue weighted by Crippen LogP contribution is -2.38. The number of likely N-dealkylation sites (tertiary alicyclic amines) is 1. The molecule has 6 nitrogen and oxygen atoms in total. The Morgan fingerprint density at radius 1 is 1.18 bits per heavy atom. The van der Waals surface area contributed by atoms with Crippen LogP contribution in [0.25, 0.3) is 10.9 Å². The first kappa shape index (κ1) is 18.5. The van der Waals surface area contributed by atoms with Gasteiger partial charge in [0.25, 0.3) is 5.91 Å². The van der Waals surface area contributed by atoms with E-state index < -0.39 is 0 Å². The van der Waals surface area contributed by atoms with Crippen molar-refractivity contribution < 1.29 is 9.53 Å².